The molecule has 0 fully saturated rings. The molecule has 0 atom stereocenters. The van der Waals surface area contributed by atoms with Crippen molar-refractivity contribution in [1.82, 2.24) is 0 Å². The molecule has 0 aliphatic carbocycles. The Hall–Kier alpha value is -2.54. The zero-order valence-electron chi connectivity index (χ0n) is 14.7. The highest BCUT2D eigenvalue weighted by molar-refractivity contribution is 9.10. The van der Waals surface area contributed by atoms with Crippen LogP contribution in [0.5, 0.6) is 17.2 Å². The van der Waals surface area contributed by atoms with Gasteiger partial charge < -0.3 is 18.9 Å². The molecule has 0 bridgehead atoms. The molecule has 0 amide bonds. The summed E-state index contributed by atoms with van der Waals surface area (Å²) in [7, 11) is 4.49. The second-order valence-corrected chi connectivity index (χ2v) is 6.22. The van der Waals surface area contributed by atoms with E-state index in [1.54, 1.807) is 36.4 Å². The first-order valence-corrected chi connectivity index (χ1v) is 8.51. The van der Waals surface area contributed by atoms with Crippen molar-refractivity contribution >= 4 is 27.7 Å². The molecular weight excluding hydrogens is 404 g/mol. The van der Waals surface area contributed by atoms with Gasteiger partial charge in [0.05, 0.1) is 27.8 Å². The number of ether oxygens (including phenoxy) is 4. The van der Waals surface area contributed by atoms with E-state index in [1.165, 1.54) is 21.3 Å². The van der Waals surface area contributed by atoms with Crippen LogP contribution in [0.1, 0.15) is 15.9 Å². The van der Waals surface area contributed by atoms with E-state index in [0.29, 0.717) is 28.4 Å². The minimum absolute atomic E-state index is 0.0235. The third-order valence-electron chi connectivity index (χ3n) is 3.60. The second kappa shape index (κ2) is 9.24. The van der Waals surface area contributed by atoms with E-state index in [2.05, 4.69) is 15.9 Å². The molecule has 0 aliphatic rings. The smallest absolute Gasteiger partial charge is 0.310 e. The highest BCUT2D eigenvalue weighted by Gasteiger charge is 2.16. The van der Waals surface area contributed by atoms with Crippen LogP contribution in [0.25, 0.3) is 0 Å². The molecule has 0 saturated heterocycles. The minimum Gasteiger partial charge on any atom is -0.493 e. The first kappa shape index (κ1) is 19.8. The van der Waals surface area contributed by atoms with Crippen molar-refractivity contribution in [2.45, 2.75) is 6.42 Å². The summed E-state index contributed by atoms with van der Waals surface area (Å²) in [6.45, 7) is -0.315. The number of hydrogen-bond donors (Lipinski definition) is 0. The molecule has 2 aromatic rings. The van der Waals surface area contributed by atoms with Crippen LogP contribution >= 0.6 is 15.9 Å². The van der Waals surface area contributed by atoms with Crippen molar-refractivity contribution in [1.29, 1.82) is 0 Å². The number of ketones is 1. The molecule has 0 aliphatic heterocycles. The Balaban J connectivity index is 2.01. The number of methoxy groups -OCH3 is 3. The molecule has 7 heteroatoms. The fraction of sp³-hybridized carbons (Fsp3) is 0.263. The van der Waals surface area contributed by atoms with E-state index in [0.717, 1.165) is 4.47 Å². The molecule has 2 rings (SSSR count). The lowest BCUT2D eigenvalue weighted by Gasteiger charge is -2.14. The van der Waals surface area contributed by atoms with Gasteiger partial charge in [-0.1, -0.05) is 28.1 Å². The van der Waals surface area contributed by atoms with Crippen LogP contribution in [-0.2, 0) is 16.0 Å². The molecule has 0 unspecified atom stereocenters. The molecule has 138 valence electrons. The lowest BCUT2D eigenvalue weighted by molar-refractivity contribution is -0.141. The van der Waals surface area contributed by atoms with Gasteiger partial charge in [0, 0.05) is 10.0 Å². The normalized spacial score (nSPS) is 10.2. The van der Waals surface area contributed by atoms with Crippen molar-refractivity contribution in [2.24, 2.45) is 0 Å². The standard InChI is InChI=1S/C19H19BrO6/c1-23-16-8-12(9-17(24-2)19(16)25-3)10-18(22)26-11-15(21)13-4-6-14(20)7-5-13/h4-9H,10-11H2,1-3H3. The quantitative estimate of drug-likeness (QED) is 0.479. The molecule has 0 heterocycles. The van der Waals surface area contributed by atoms with E-state index in [1.807, 2.05) is 0 Å². The van der Waals surface area contributed by atoms with Gasteiger partial charge in [0.25, 0.3) is 0 Å². The number of benzene rings is 2. The third-order valence-corrected chi connectivity index (χ3v) is 4.13. The summed E-state index contributed by atoms with van der Waals surface area (Å²) >= 11 is 3.30. The Morgan fingerprint density at radius 2 is 1.50 bits per heavy atom. The maximum Gasteiger partial charge on any atom is 0.310 e. The average molecular weight is 423 g/mol. The van der Waals surface area contributed by atoms with Crippen LogP contribution in [0.2, 0.25) is 0 Å². The van der Waals surface area contributed by atoms with Crippen LogP contribution < -0.4 is 14.2 Å². The highest BCUT2D eigenvalue weighted by atomic mass is 79.9. The van der Waals surface area contributed by atoms with Gasteiger partial charge in [-0.15, -0.1) is 0 Å². The predicted octanol–water partition coefficient (Wildman–Crippen LogP) is 3.44. The molecule has 0 radical (unpaired) electrons. The molecule has 6 nitrogen and oxygen atoms in total. The average Bonchev–Trinajstić information content (AvgIpc) is 2.65. The van der Waals surface area contributed by atoms with Gasteiger partial charge in [-0.25, -0.2) is 0 Å². The van der Waals surface area contributed by atoms with Crippen LogP contribution in [0.15, 0.2) is 40.9 Å². The summed E-state index contributed by atoms with van der Waals surface area (Å²) < 4.78 is 21.7. The van der Waals surface area contributed by atoms with E-state index < -0.39 is 5.97 Å². The van der Waals surface area contributed by atoms with Gasteiger partial charge in [0.15, 0.2) is 23.9 Å². The van der Waals surface area contributed by atoms with E-state index in [9.17, 15) is 9.59 Å². The van der Waals surface area contributed by atoms with Gasteiger partial charge in [-0.05, 0) is 29.8 Å². The highest BCUT2D eigenvalue weighted by Crippen LogP contribution is 2.38. The number of Topliss-reactive ketones (excluding diaryl/α,β-unsaturated/α-hetero) is 1. The largest absolute Gasteiger partial charge is 0.493 e. The van der Waals surface area contributed by atoms with E-state index in [4.69, 9.17) is 18.9 Å². The summed E-state index contributed by atoms with van der Waals surface area (Å²) in [6.07, 6.45) is -0.0235. The van der Waals surface area contributed by atoms with Crippen molar-refractivity contribution in [3.8, 4) is 17.2 Å². The van der Waals surface area contributed by atoms with Crippen LogP contribution in [0.4, 0.5) is 0 Å². The lowest BCUT2D eigenvalue weighted by Crippen LogP contribution is -2.15. The van der Waals surface area contributed by atoms with Crippen molar-refractivity contribution in [3.05, 3.63) is 52.0 Å². The van der Waals surface area contributed by atoms with Gasteiger partial charge in [0.2, 0.25) is 5.75 Å². The fourth-order valence-corrected chi connectivity index (χ4v) is 2.58. The Morgan fingerprint density at radius 3 is 2.00 bits per heavy atom. The first-order valence-electron chi connectivity index (χ1n) is 7.71. The van der Waals surface area contributed by atoms with Gasteiger partial charge in [0.1, 0.15) is 0 Å². The molecule has 0 spiro atoms. The van der Waals surface area contributed by atoms with Crippen molar-refractivity contribution < 1.29 is 28.5 Å². The first-order chi connectivity index (χ1) is 12.5. The molecule has 0 N–H and O–H groups in total. The SMILES string of the molecule is COc1cc(CC(=O)OCC(=O)c2ccc(Br)cc2)cc(OC)c1OC. The Bertz CT molecular complexity index is 760. The number of carbonyl (C=O) groups excluding carboxylic acids is 2. The summed E-state index contributed by atoms with van der Waals surface area (Å²) in [5.41, 5.74) is 1.11. The van der Waals surface area contributed by atoms with Gasteiger partial charge in [-0.3, -0.25) is 9.59 Å². The number of esters is 1. The zero-order valence-corrected chi connectivity index (χ0v) is 16.3. The second-order valence-electron chi connectivity index (χ2n) is 5.30. The van der Waals surface area contributed by atoms with Crippen LogP contribution in [0.3, 0.4) is 0 Å². The monoisotopic (exact) mass is 422 g/mol. The zero-order chi connectivity index (χ0) is 19.1. The number of carbonyl (C=O) groups is 2. The molecular formula is C19H19BrO6. The topological polar surface area (TPSA) is 71.1 Å². The fourth-order valence-electron chi connectivity index (χ4n) is 2.32. The van der Waals surface area contributed by atoms with E-state index in [-0.39, 0.29) is 18.8 Å². The van der Waals surface area contributed by atoms with Gasteiger partial charge in [-0.2, -0.15) is 0 Å². The van der Waals surface area contributed by atoms with Gasteiger partial charge >= 0.3 is 5.97 Å². The third kappa shape index (κ3) is 4.98. The van der Waals surface area contributed by atoms with Crippen LogP contribution in [0, 0.1) is 0 Å². The Morgan fingerprint density at radius 1 is 0.923 bits per heavy atom. The van der Waals surface area contributed by atoms with Crippen LogP contribution in [-0.4, -0.2) is 39.7 Å². The lowest BCUT2D eigenvalue weighted by atomic mass is 10.1. The molecule has 26 heavy (non-hydrogen) atoms. The summed E-state index contributed by atoms with van der Waals surface area (Å²) in [6, 6.07) is 10.2. The number of halogens is 1. The maximum absolute atomic E-state index is 12.1. The van der Waals surface area contributed by atoms with E-state index >= 15 is 0 Å². The minimum atomic E-state index is -0.523. The molecule has 2 aromatic carbocycles. The Kier molecular flexibility index (Phi) is 7.03. The van der Waals surface area contributed by atoms with Crippen molar-refractivity contribution in [3.63, 3.8) is 0 Å². The molecule has 0 aromatic heterocycles. The molecule has 0 saturated carbocycles. The summed E-state index contributed by atoms with van der Waals surface area (Å²) in [5, 5.41) is 0. The number of rotatable bonds is 8. The Labute approximate surface area is 160 Å². The maximum atomic E-state index is 12.1. The summed E-state index contributed by atoms with van der Waals surface area (Å²) in [5.74, 6) is 0.541. The number of hydrogen-bond acceptors (Lipinski definition) is 6. The predicted molar refractivity (Wildman–Crippen MR) is 99.2 cm³/mol. The van der Waals surface area contributed by atoms with Crippen molar-refractivity contribution in [2.75, 3.05) is 27.9 Å². The summed E-state index contributed by atoms with van der Waals surface area (Å²) in [4.78, 5) is 24.1.